The zero-order chi connectivity index (χ0) is 12.5. The summed E-state index contributed by atoms with van der Waals surface area (Å²) in [6.45, 7) is 7.63. The largest absolute Gasteiger partial charge is 0.324 e. The maximum Gasteiger partial charge on any atom is 0.242 e. The standard InChI is InChI=1S/C12H15BrClNO/c1-6-5-7(2)11(8(3)10(6)13)15-12(16)9(4)14/h5,9H,1-4H3,(H,15,16)/t9-/m0/s1. The van der Waals surface area contributed by atoms with Gasteiger partial charge in [0.2, 0.25) is 5.91 Å². The van der Waals surface area contributed by atoms with E-state index in [9.17, 15) is 4.79 Å². The van der Waals surface area contributed by atoms with Gasteiger partial charge >= 0.3 is 0 Å². The van der Waals surface area contributed by atoms with E-state index in [0.717, 1.165) is 26.9 Å². The summed E-state index contributed by atoms with van der Waals surface area (Å²) in [5.41, 5.74) is 4.08. The maximum absolute atomic E-state index is 11.6. The van der Waals surface area contributed by atoms with Gasteiger partial charge in [-0.25, -0.2) is 0 Å². The monoisotopic (exact) mass is 303 g/mol. The van der Waals surface area contributed by atoms with Crippen molar-refractivity contribution in [1.29, 1.82) is 0 Å². The number of anilines is 1. The molecule has 1 amide bonds. The number of benzene rings is 1. The first kappa shape index (κ1) is 13.5. The van der Waals surface area contributed by atoms with Crippen LogP contribution in [0.1, 0.15) is 23.6 Å². The third-order valence-electron chi connectivity index (χ3n) is 2.49. The van der Waals surface area contributed by atoms with Gasteiger partial charge in [-0.3, -0.25) is 4.79 Å². The molecule has 1 rings (SSSR count). The molecule has 2 nitrogen and oxygen atoms in total. The van der Waals surface area contributed by atoms with E-state index in [0.29, 0.717) is 0 Å². The first-order chi connectivity index (χ1) is 7.34. The van der Waals surface area contributed by atoms with Crippen LogP contribution in [-0.2, 0) is 4.79 Å². The number of amides is 1. The molecule has 0 fully saturated rings. The number of carbonyl (C=O) groups excluding carboxylic acids is 1. The third kappa shape index (κ3) is 2.77. The summed E-state index contributed by atoms with van der Waals surface area (Å²) in [6.07, 6.45) is 0. The number of alkyl halides is 1. The van der Waals surface area contributed by atoms with Gasteiger partial charge in [0.05, 0.1) is 0 Å². The van der Waals surface area contributed by atoms with E-state index in [4.69, 9.17) is 11.6 Å². The molecule has 0 aliphatic heterocycles. The second-order valence-electron chi connectivity index (χ2n) is 3.93. The summed E-state index contributed by atoms with van der Waals surface area (Å²) in [5, 5.41) is 2.32. The number of aryl methyl sites for hydroxylation is 2. The molecule has 0 radical (unpaired) electrons. The smallest absolute Gasteiger partial charge is 0.242 e. The lowest BCUT2D eigenvalue weighted by Crippen LogP contribution is -2.21. The summed E-state index contributed by atoms with van der Waals surface area (Å²) in [6, 6.07) is 2.03. The number of hydrogen-bond acceptors (Lipinski definition) is 1. The van der Waals surface area contributed by atoms with E-state index < -0.39 is 5.38 Å². The Morgan fingerprint density at radius 1 is 1.38 bits per heavy atom. The average molecular weight is 305 g/mol. The Morgan fingerprint density at radius 3 is 2.44 bits per heavy atom. The molecule has 1 aromatic rings. The van der Waals surface area contributed by atoms with Crippen molar-refractivity contribution in [1.82, 2.24) is 0 Å². The minimum atomic E-state index is -0.529. The minimum Gasteiger partial charge on any atom is -0.324 e. The van der Waals surface area contributed by atoms with Crippen LogP contribution < -0.4 is 5.32 Å². The van der Waals surface area contributed by atoms with Gasteiger partial charge in [0.25, 0.3) is 0 Å². The highest BCUT2D eigenvalue weighted by molar-refractivity contribution is 9.10. The summed E-state index contributed by atoms with van der Waals surface area (Å²) in [4.78, 5) is 11.6. The van der Waals surface area contributed by atoms with Crippen molar-refractivity contribution >= 4 is 39.1 Å². The molecule has 0 aromatic heterocycles. The van der Waals surface area contributed by atoms with Crippen LogP contribution in [-0.4, -0.2) is 11.3 Å². The van der Waals surface area contributed by atoms with Gasteiger partial charge < -0.3 is 5.32 Å². The highest BCUT2D eigenvalue weighted by Gasteiger charge is 2.14. The van der Waals surface area contributed by atoms with Crippen LogP contribution in [0.4, 0.5) is 5.69 Å². The molecular weight excluding hydrogens is 289 g/mol. The van der Waals surface area contributed by atoms with E-state index in [1.165, 1.54) is 0 Å². The molecule has 0 unspecified atom stereocenters. The molecule has 0 aliphatic carbocycles. The molecule has 0 spiro atoms. The SMILES string of the molecule is Cc1cc(C)c(NC(=O)[C@H](C)Cl)c(C)c1Br. The van der Waals surface area contributed by atoms with E-state index in [-0.39, 0.29) is 5.91 Å². The molecule has 1 aromatic carbocycles. The molecular formula is C12H15BrClNO. The van der Waals surface area contributed by atoms with E-state index in [2.05, 4.69) is 21.2 Å². The summed E-state index contributed by atoms with van der Waals surface area (Å²) < 4.78 is 1.02. The number of halogens is 2. The van der Waals surface area contributed by atoms with E-state index in [1.807, 2.05) is 26.8 Å². The van der Waals surface area contributed by atoms with Crippen molar-refractivity contribution in [2.75, 3.05) is 5.32 Å². The second kappa shape index (κ2) is 5.19. The molecule has 0 saturated heterocycles. The second-order valence-corrected chi connectivity index (χ2v) is 5.38. The molecule has 4 heteroatoms. The molecule has 1 N–H and O–H groups in total. The highest BCUT2D eigenvalue weighted by atomic mass is 79.9. The predicted molar refractivity (Wildman–Crippen MR) is 72.3 cm³/mol. The van der Waals surface area contributed by atoms with E-state index in [1.54, 1.807) is 6.92 Å². The van der Waals surface area contributed by atoms with Gasteiger partial charge in [-0.05, 0) is 44.4 Å². The molecule has 0 heterocycles. The Balaban J connectivity index is 3.15. The van der Waals surface area contributed by atoms with Crippen LogP contribution in [0.5, 0.6) is 0 Å². The Morgan fingerprint density at radius 2 is 1.94 bits per heavy atom. The predicted octanol–water partition coefficient (Wildman–Crippen LogP) is 3.94. The van der Waals surface area contributed by atoms with Gasteiger partial charge in [-0.1, -0.05) is 22.0 Å². The van der Waals surface area contributed by atoms with Crippen LogP contribution >= 0.6 is 27.5 Å². The van der Waals surface area contributed by atoms with Gasteiger partial charge in [0.1, 0.15) is 5.38 Å². The maximum atomic E-state index is 11.6. The van der Waals surface area contributed by atoms with Gasteiger partial charge in [0.15, 0.2) is 0 Å². The Labute approximate surface area is 110 Å². The molecule has 0 aliphatic rings. The number of nitrogens with one attached hydrogen (secondary N) is 1. The van der Waals surface area contributed by atoms with Crippen LogP contribution in [0, 0.1) is 20.8 Å². The normalized spacial score (nSPS) is 12.4. The number of carbonyl (C=O) groups is 1. The Hall–Kier alpha value is -0.540. The van der Waals surface area contributed by atoms with E-state index >= 15 is 0 Å². The molecule has 16 heavy (non-hydrogen) atoms. The molecule has 0 saturated carbocycles. The number of rotatable bonds is 2. The fraction of sp³-hybridized carbons (Fsp3) is 0.417. The van der Waals surface area contributed by atoms with Crippen LogP contribution in [0.2, 0.25) is 0 Å². The quantitative estimate of drug-likeness (QED) is 0.824. The van der Waals surface area contributed by atoms with Crippen molar-refractivity contribution < 1.29 is 4.79 Å². The summed E-state index contributed by atoms with van der Waals surface area (Å²) in [5.74, 6) is -0.177. The van der Waals surface area contributed by atoms with Crippen molar-refractivity contribution in [2.45, 2.75) is 33.1 Å². The van der Waals surface area contributed by atoms with Crippen LogP contribution in [0.15, 0.2) is 10.5 Å². The molecule has 88 valence electrons. The lowest BCUT2D eigenvalue weighted by Gasteiger charge is -2.15. The van der Waals surface area contributed by atoms with Crippen molar-refractivity contribution in [3.05, 3.63) is 27.2 Å². The first-order valence-electron chi connectivity index (χ1n) is 5.05. The fourth-order valence-corrected chi connectivity index (χ4v) is 1.94. The van der Waals surface area contributed by atoms with Crippen LogP contribution in [0.3, 0.4) is 0 Å². The highest BCUT2D eigenvalue weighted by Crippen LogP contribution is 2.30. The van der Waals surface area contributed by atoms with Gasteiger partial charge in [-0.15, -0.1) is 11.6 Å². The number of hydrogen-bond donors (Lipinski definition) is 1. The topological polar surface area (TPSA) is 29.1 Å². The van der Waals surface area contributed by atoms with Gasteiger partial charge in [-0.2, -0.15) is 0 Å². The molecule has 1 atom stereocenters. The van der Waals surface area contributed by atoms with Gasteiger partial charge in [0, 0.05) is 10.2 Å². The Kier molecular flexibility index (Phi) is 4.39. The third-order valence-corrected chi connectivity index (χ3v) is 3.91. The summed E-state index contributed by atoms with van der Waals surface area (Å²) in [7, 11) is 0. The van der Waals surface area contributed by atoms with Crippen molar-refractivity contribution in [2.24, 2.45) is 0 Å². The first-order valence-corrected chi connectivity index (χ1v) is 6.28. The van der Waals surface area contributed by atoms with Crippen molar-refractivity contribution in [3.63, 3.8) is 0 Å². The molecule has 0 bridgehead atoms. The average Bonchev–Trinajstić information content (AvgIpc) is 2.20. The van der Waals surface area contributed by atoms with Crippen molar-refractivity contribution in [3.8, 4) is 0 Å². The Bertz CT molecular complexity index is 430. The lowest BCUT2D eigenvalue weighted by atomic mass is 10.0. The zero-order valence-corrected chi connectivity index (χ0v) is 12.2. The minimum absolute atomic E-state index is 0.177. The fourth-order valence-electron chi connectivity index (χ4n) is 1.58. The zero-order valence-electron chi connectivity index (χ0n) is 9.82. The lowest BCUT2D eigenvalue weighted by molar-refractivity contribution is -0.115. The summed E-state index contributed by atoms with van der Waals surface area (Å²) >= 11 is 9.24. The van der Waals surface area contributed by atoms with Crippen LogP contribution in [0.25, 0.3) is 0 Å².